The van der Waals surface area contributed by atoms with Gasteiger partial charge in [0.2, 0.25) is 0 Å². The third kappa shape index (κ3) is 3.42. The number of carbonyl (C=O) groups excluding carboxylic acids is 1. The molecule has 5 heteroatoms. The van der Waals surface area contributed by atoms with Gasteiger partial charge in [0.05, 0.1) is 14.2 Å². The molecule has 3 rings (SSSR count). The third-order valence-corrected chi connectivity index (χ3v) is 5.66. The van der Waals surface area contributed by atoms with E-state index in [1.807, 2.05) is 4.90 Å². The Morgan fingerprint density at radius 1 is 1.16 bits per heavy atom. The number of fused-ring (bicyclic) bond motifs is 2. The van der Waals surface area contributed by atoms with Crippen LogP contribution >= 0.6 is 0 Å². The highest BCUT2D eigenvalue weighted by Gasteiger charge is 2.42. The zero-order valence-electron chi connectivity index (χ0n) is 15.7. The maximum Gasteiger partial charge on any atom is 0.317 e. The number of hydrogen-bond acceptors (Lipinski definition) is 3. The van der Waals surface area contributed by atoms with E-state index < -0.39 is 0 Å². The molecular formula is C20H30N2O3. The van der Waals surface area contributed by atoms with Crippen LogP contribution in [0.25, 0.3) is 0 Å². The van der Waals surface area contributed by atoms with E-state index in [0.29, 0.717) is 6.54 Å². The van der Waals surface area contributed by atoms with E-state index in [9.17, 15) is 4.79 Å². The van der Waals surface area contributed by atoms with Crippen molar-refractivity contribution in [1.82, 2.24) is 10.2 Å². The number of rotatable bonds is 4. The van der Waals surface area contributed by atoms with Crippen molar-refractivity contribution in [3.05, 3.63) is 23.3 Å². The minimum atomic E-state index is 0.0484. The van der Waals surface area contributed by atoms with Crippen LogP contribution in [-0.2, 0) is 12.0 Å². The second-order valence-corrected chi connectivity index (χ2v) is 7.29. The summed E-state index contributed by atoms with van der Waals surface area (Å²) in [6, 6.07) is 4.26. The summed E-state index contributed by atoms with van der Waals surface area (Å²) >= 11 is 0. The van der Waals surface area contributed by atoms with Gasteiger partial charge in [-0.05, 0) is 42.5 Å². The first-order valence-corrected chi connectivity index (χ1v) is 9.41. The molecule has 0 unspecified atom stereocenters. The molecule has 0 radical (unpaired) electrons. The van der Waals surface area contributed by atoms with E-state index in [-0.39, 0.29) is 11.4 Å². The van der Waals surface area contributed by atoms with Crippen LogP contribution in [0.5, 0.6) is 11.5 Å². The van der Waals surface area contributed by atoms with Gasteiger partial charge in [0, 0.05) is 25.0 Å². The van der Waals surface area contributed by atoms with E-state index in [2.05, 4.69) is 24.4 Å². The second-order valence-electron chi connectivity index (χ2n) is 7.29. The van der Waals surface area contributed by atoms with Gasteiger partial charge in [0.25, 0.3) is 0 Å². The van der Waals surface area contributed by atoms with Gasteiger partial charge in [0.1, 0.15) is 0 Å². The molecule has 2 amide bonds. The number of carbonyl (C=O) groups is 1. The fourth-order valence-corrected chi connectivity index (χ4v) is 4.40. The summed E-state index contributed by atoms with van der Waals surface area (Å²) in [5.74, 6) is 1.53. The van der Waals surface area contributed by atoms with Crippen LogP contribution in [0.2, 0.25) is 0 Å². The molecule has 0 aromatic heterocycles. The standard InChI is InChI=1S/C20H30N2O3/c1-4-10-21-19(23)22-13-15-11-17(24-2)18(25-3)12-16(15)20(14-22)8-6-5-7-9-20/h11-12H,4-10,13-14H2,1-3H3,(H,21,23). The van der Waals surface area contributed by atoms with E-state index in [1.165, 1.54) is 30.4 Å². The van der Waals surface area contributed by atoms with Crippen molar-refractivity contribution in [3.63, 3.8) is 0 Å². The first-order valence-electron chi connectivity index (χ1n) is 9.41. The Kier molecular flexibility index (Phi) is 5.40. The summed E-state index contributed by atoms with van der Waals surface area (Å²) < 4.78 is 11.0. The smallest absolute Gasteiger partial charge is 0.317 e. The van der Waals surface area contributed by atoms with Crippen LogP contribution in [0.15, 0.2) is 12.1 Å². The molecule has 0 saturated heterocycles. The average molecular weight is 346 g/mol. The van der Waals surface area contributed by atoms with E-state index in [1.54, 1.807) is 14.2 Å². The second kappa shape index (κ2) is 7.54. The summed E-state index contributed by atoms with van der Waals surface area (Å²) in [7, 11) is 3.35. The van der Waals surface area contributed by atoms with Gasteiger partial charge in [-0.25, -0.2) is 4.79 Å². The Bertz CT molecular complexity index is 624. The maximum atomic E-state index is 12.6. The third-order valence-electron chi connectivity index (χ3n) is 5.66. The number of ether oxygens (including phenoxy) is 2. The number of hydrogen-bond donors (Lipinski definition) is 1. The van der Waals surface area contributed by atoms with Gasteiger partial charge >= 0.3 is 6.03 Å². The van der Waals surface area contributed by atoms with Crippen molar-refractivity contribution in [2.24, 2.45) is 0 Å². The van der Waals surface area contributed by atoms with Crippen LogP contribution in [0.3, 0.4) is 0 Å². The zero-order valence-corrected chi connectivity index (χ0v) is 15.7. The lowest BCUT2D eigenvalue weighted by Crippen LogP contribution is -2.51. The topological polar surface area (TPSA) is 50.8 Å². The largest absolute Gasteiger partial charge is 0.493 e. The van der Waals surface area contributed by atoms with Crippen molar-refractivity contribution in [1.29, 1.82) is 0 Å². The molecule has 25 heavy (non-hydrogen) atoms. The van der Waals surface area contributed by atoms with Gasteiger partial charge in [-0.2, -0.15) is 0 Å². The van der Waals surface area contributed by atoms with Crippen molar-refractivity contribution in [3.8, 4) is 11.5 Å². The molecule has 1 spiro atoms. The molecule has 1 aromatic carbocycles. The summed E-state index contributed by atoms with van der Waals surface area (Å²) in [5.41, 5.74) is 2.59. The van der Waals surface area contributed by atoms with E-state index in [4.69, 9.17) is 9.47 Å². The number of benzene rings is 1. The summed E-state index contributed by atoms with van der Waals surface area (Å²) in [6.07, 6.45) is 6.94. The predicted octanol–water partition coefficient (Wildman–Crippen LogP) is 3.84. The van der Waals surface area contributed by atoms with Crippen LogP contribution in [-0.4, -0.2) is 38.2 Å². The quantitative estimate of drug-likeness (QED) is 0.901. The molecule has 1 saturated carbocycles. The normalized spacial score (nSPS) is 18.6. The van der Waals surface area contributed by atoms with Gasteiger partial charge in [-0.1, -0.05) is 26.2 Å². The van der Waals surface area contributed by atoms with Crippen molar-refractivity contribution >= 4 is 6.03 Å². The Hall–Kier alpha value is -1.91. The molecule has 0 bridgehead atoms. The first kappa shape index (κ1) is 17.9. The minimum Gasteiger partial charge on any atom is -0.493 e. The van der Waals surface area contributed by atoms with E-state index >= 15 is 0 Å². The van der Waals surface area contributed by atoms with Crippen LogP contribution in [0.4, 0.5) is 4.79 Å². The molecule has 1 heterocycles. The molecule has 2 aliphatic rings. The number of amides is 2. The molecule has 138 valence electrons. The molecule has 1 N–H and O–H groups in total. The number of nitrogens with zero attached hydrogens (tertiary/aromatic N) is 1. The SMILES string of the molecule is CCCNC(=O)N1Cc2cc(OC)c(OC)cc2C2(CCCCC2)C1. The van der Waals surface area contributed by atoms with Gasteiger partial charge < -0.3 is 19.7 Å². The zero-order chi connectivity index (χ0) is 17.9. The van der Waals surface area contributed by atoms with Crippen LogP contribution in [0.1, 0.15) is 56.6 Å². The van der Waals surface area contributed by atoms with Crippen LogP contribution in [0, 0.1) is 0 Å². The first-order chi connectivity index (χ1) is 12.1. The van der Waals surface area contributed by atoms with Crippen molar-refractivity contribution < 1.29 is 14.3 Å². The molecule has 1 aliphatic heterocycles. The Balaban J connectivity index is 1.99. The maximum absolute atomic E-state index is 12.6. The van der Waals surface area contributed by atoms with Gasteiger partial charge in [-0.15, -0.1) is 0 Å². The number of urea groups is 1. The Labute approximate surface area is 150 Å². The van der Waals surface area contributed by atoms with Crippen LogP contribution < -0.4 is 14.8 Å². The molecule has 1 aromatic rings. The average Bonchev–Trinajstić information content (AvgIpc) is 2.65. The Morgan fingerprint density at radius 2 is 1.84 bits per heavy atom. The summed E-state index contributed by atoms with van der Waals surface area (Å²) in [6.45, 7) is 4.23. The van der Waals surface area contributed by atoms with Crippen molar-refractivity contribution in [2.75, 3.05) is 27.3 Å². The molecule has 0 atom stereocenters. The monoisotopic (exact) mass is 346 g/mol. The number of nitrogens with one attached hydrogen (secondary N) is 1. The van der Waals surface area contributed by atoms with Gasteiger partial charge in [0.15, 0.2) is 11.5 Å². The molecule has 1 aliphatic carbocycles. The highest BCUT2D eigenvalue weighted by Crippen LogP contribution is 2.47. The minimum absolute atomic E-state index is 0.0484. The molecular weight excluding hydrogens is 316 g/mol. The highest BCUT2D eigenvalue weighted by molar-refractivity contribution is 5.75. The van der Waals surface area contributed by atoms with E-state index in [0.717, 1.165) is 43.9 Å². The summed E-state index contributed by atoms with van der Waals surface area (Å²) in [5, 5.41) is 3.04. The Morgan fingerprint density at radius 3 is 2.48 bits per heavy atom. The number of methoxy groups -OCH3 is 2. The molecule has 5 nitrogen and oxygen atoms in total. The predicted molar refractivity (Wildman–Crippen MR) is 98.4 cm³/mol. The summed E-state index contributed by atoms with van der Waals surface area (Å²) in [4.78, 5) is 14.6. The lowest BCUT2D eigenvalue weighted by Gasteiger charge is -2.46. The highest BCUT2D eigenvalue weighted by atomic mass is 16.5. The lowest BCUT2D eigenvalue weighted by atomic mass is 9.66. The fourth-order valence-electron chi connectivity index (χ4n) is 4.40. The molecule has 1 fully saturated rings. The van der Waals surface area contributed by atoms with Crippen molar-refractivity contribution in [2.45, 2.75) is 57.4 Å². The lowest BCUT2D eigenvalue weighted by molar-refractivity contribution is 0.145. The van der Waals surface area contributed by atoms with Gasteiger partial charge in [-0.3, -0.25) is 0 Å². The fraction of sp³-hybridized carbons (Fsp3) is 0.650.